The molecule has 0 spiro atoms. The number of nitrogens with zero attached hydrogens (tertiary/aromatic N) is 1. The van der Waals surface area contributed by atoms with Crippen LogP contribution >= 0.6 is 92.4 Å². The van der Waals surface area contributed by atoms with Crippen LogP contribution < -0.4 is 26.2 Å². The molecular formula is C100H103FeN5O3S8. The number of carbonyl (C=O) groups excluding carboxylic acids is 3. The molecule has 5 heterocycles. The van der Waals surface area contributed by atoms with Gasteiger partial charge in [0.1, 0.15) is 0 Å². The SMILES string of the molecule is C1CCCC1.CSc1ccc(-c2ccc(SCC(=O)NCc3ccc4ccc5c6c4c3CC=C6C=CC5)s2)s1.CSc1ccc(-c2ccc(SCCNC(=O)CCCc3ccc4ccc5c6c4c3CC=C6C=CC5)s2)s1.O=C(CCCc1ccc2ccc3c4c2c1CC=C4C=CC3)Nc1ccc(N2C=C(C3CCCC3)NC2)cc1.[CH3-].[CH3-].[Fe+2]. The predicted molar refractivity (Wildman–Crippen MR) is 508 cm³/mol. The van der Waals surface area contributed by atoms with Gasteiger partial charge in [-0.15, -0.1) is 92.4 Å². The maximum atomic E-state index is 12.7. The number of nitrogens with one attached hydrogen (secondary N) is 4. The van der Waals surface area contributed by atoms with Crippen LogP contribution in [0.25, 0.3) is 68.5 Å². The minimum Gasteiger partial charge on any atom is -0.369 e. The molecule has 3 amide bonds. The van der Waals surface area contributed by atoms with E-state index in [-0.39, 0.29) is 49.6 Å². The van der Waals surface area contributed by atoms with Crippen LogP contribution in [0, 0.1) is 20.8 Å². The molecule has 602 valence electrons. The molecule has 0 saturated heterocycles. The van der Waals surface area contributed by atoms with Crippen LogP contribution in [0.3, 0.4) is 0 Å². The third-order valence-electron chi connectivity index (χ3n) is 23.5. The van der Waals surface area contributed by atoms with Gasteiger partial charge in [0.25, 0.3) is 0 Å². The van der Waals surface area contributed by atoms with Gasteiger partial charge in [0, 0.05) is 80.4 Å². The van der Waals surface area contributed by atoms with Crippen LogP contribution in [0.2, 0.25) is 0 Å². The average Bonchev–Trinajstić information content (AvgIpc) is 1.72. The molecule has 17 heteroatoms. The Morgan fingerprint density at radius 3 is 1.38 bits per heavy atom. The smallest absolute Gasteiger partial charge is 0.369 e. The third kappa shape index (κ3) is 20.0. The molecule has 2 fully saturated rings. The number of allylic oxidation sites excluding steroid dienone is 13. The predicted octanol–water partition coefficient (Wildman–Crippen LogP) is 26.5. The molecular weight excluding hydrogens is 1630 g/mol. The molecule has 11 aromatic rings. The van der Waals surface area contributed by atoms with Crippen molar-refractivity contribution in [3.63, 3.8) is 0 Å². The number of hydrogen-bond donors (Lipinski definition) is 4. The number of amides is 3. The van der Waals surface area contributed by atoms with Gasteiger partial charge < -0.3 is 41.0 Å². The molecule has 8 aliphatic carbocycles. The maximum Gasteiger partial charge on any atom is 2.00 e. The van der Waals surface area contributed by atoms with E-state index in [9.17, 15) is 14.4 Å². The zero-order valence-electron chi connectivity index (χ0n) is 67.4. The van der Waals surface area contributed by atoms with Gasteiger partial charge in [0.2, 0.25) is 17.7 Å². The van der Waals surface area contributed by atoms with Gasteiger partial charge >= 0.3 is 17.1 Å². The summed E-state index contributed by atoms with van der Waals surface area (Å²) in [6.45, 7) is 2.11. The number of thioether (sulfide) groups is 4. The summed E-state index contributed by atoms with van der Waals surface area (Å²) in [4.78, 5) is 45.4. The van der Waals surface area contributed by atoms with Crippen LogP contribution in [-0.2, 0) is 89.4 Å². The number of hydrogen-bond acceptors (Lipinski definition) is 13. The first-order chi connectivity index (χ1) is 56.1. The van der Waals surface area contributed by atoms with Crippen molar-refractivity contribution < 1.29 is 31.5 Å². The van der Waals surface area contributed by atoms with Crippen molar-refractivity contribution in [2.75, 3.05) is 47.4 Å². The fourth-order valence-corrected chi connectivity index (χ4v) is 25.0. The summed E-state index contributed by atoms with van der Waals surface area (Å²) in [6.07, 6.45) is 50.6. The van der Waals surface area contributed by atoms with Crippen molar-refractivity contribution in [2.24, 2.45) is 5.92 Å². The maximum absolute atomic E-state index is 12.7. The van der Waals surface area contributed by atoms with E-state index in [1.54, 1.807) is 46.6 Å². The zero-order chi connectivity index (χ0) is 77.3. The summed E-state index contributed by atoms with van der Waals surface area (Å²) >= 11 is 14.3. The van der Waals surface area contributed by atoms with E-state index in [0.29, 0.717) is 37.6 Å². The Morgan fingerprint density at radius 1 is 0.462 bits per heavy atom. The molecule has 0 atom stereocenters. The minimum absolute atomic E-state index is 0. The van der Waals surface area contributed by atoms with Gasteiger partial charge in [-0.2, -0.15) is 0 Å². The zero-order valence-corrected chi connectivity index (χ0v) is 75.0. The molecule has 20 rings (SSSR count). The van der Waals surface area contributed by atoms with Crippen molar-refractivity contribution >= 4 is 171 Å². The number of anilines is 2. The first-order valence-corrected chi connectivity index (χ1v) is 48.5. The van der Waals surface area contributed by atoms with E-state index in [1.807, 2.05) is 57.9 Å². The van der Waals surface area contributed by atoms with E-state index in [1.165, 1.54) is 216 Å². The Bertz CT molecular complexity index is 5670. The summed E-state index contributed by atoms with van der Waals surface area (Å²) in [5, 5.41) is 21.2. The third-order valence-corrected chi connectivity index (χ3v) is 32.8. The number of rotatable bonds is 24. The van der Waals surface area contributed by atoms with E-state index in [0.717, 1.165) is 88.0 Å². The summed E-state index contributed by atoms with van der Waals surface area (Å²) in [5.41, 5.74) is 24.3. The van der Waals surface area contributed by atoms with Crippen LogP contribution in [-0.4, -0.2) is 55.0 Å². The molecule has 1 aliphatic heterocycles. The molecule has 9 aliphatic rings. The van der Waals surface area contributed by atoms with E-state index >= 15 is 0 Å². The van der Waals surface area contributed by atoms with Gasteiger partial charge in [0.05, 0.1) is 29.3 Å². The van der Waals surface area contributed by atoms with Crippen LogP contribution in [0.4, 0.5) is 11.4 Å². The Balaban J connectivity index is 0.000000138. The van der Waals surface area contributed by atoms with E-state index < -0.39 is 0 Å². The van der Waals surface area contributed by atoms with Crippen molar-refractivity contribution in [2.45, 2.75) is 158 Å². The Kier molecular flexibility index (Phi) is 29.7. The van der Waals surface area contributed by atoms with E-state index in [4.69, 9.17) is 0 Å². The molecule has 0 unspecified atom stereocenters. The average molecular weight is 1740 g/mol. The summed E-state index contributed by atoms with van der Waals surface area (Å²) in [6, 6.07) is 52.8. The van der Waals surface area contributed by atoms with Gasteiger partial charge in [-0.05, 0) is 278 Å². The topological polar surface area (TPSA) is 103 Å². The molecule has 8 nitrogen and oxygen atoms in total. The summed E-state index contributed by atoms with van der Waals surface area (Å²) in [5.74, 6) is 2.36. The fraction of sp³-hybridized carbons (Fsp3) is 0.290. The number of benzene rings is 7. The number of aryl methyl sites for hydroxylation is 2. The summed E-state index contributed by atoms with van der Waals surface area (Å²) < 4.78 is 5.17. The van der Waals surface area contributed by atoms with Crippen LogP contribution in [0.1, 0.15) is 150 Å². The van der Waals surface area contributed by atoms with Gasteiger partial charge in [0.15, 0.2) is 0 Å². The van der Waals surface area contributed by atoms with Crippen molar-refractivity contribution in [1.29, 1.82) is 0 Å². The van der Waals surface area contributed by atoms with Crippen molar-refractivity contribution in [3.8, 4) is 19.5 Å². The van der Waals surface area contributed by atoms with Gasteiger partial charge in [-0.1, -0.05) is 172 Å². The monoisotopic (exact) mass is 1730 g/mol. The quantitative estimate of drug-likeness (QED) is 0.0204. The van der Waals surface area contributed by atoms with Gasteiger partial charge in [-0.3, -0.25) is 14.4 Å². The number of thiophene rings is 4. The molecule has 117 heavy (non-hydrogen) atoms. The first-order valence-electron chi connectivity index (χ1n) is 40.8. The second-order valence-corrected chi connectivity index (χ2v) is 39.9. The Hall–Kier alpha value is -7.77. The molecule has 4 aromatic heterocycles. The standard InChI is InChI=1S/C34H35N3O.C31H29NOS4.C28H23NOS4.C5H10.2CH3.Fe/c38-32(36-28-16-18-29(19-17-28)37-21-31(35-22-37)24-5-1-2-6-24)10-4-7-23-11-12-27-14-13-25-8-3-9-26-15-20-30(23)34(27)33(25)26;1-34-28-16-14-25(36-28)26-15-17-29(37-26)35-19-18-32-27(33)7-3-4-20-8-9-23-11-10-21-5-2-6-22-12-13-24(20)31(23)30(21)22;1-31-25-13-11-22(33-25)23-12-14-26(34-23)32-16-24(30)29-15-20-8-7-19-6-5-17-3-2-4-18-9-10-21(20)28(19)27(17)18;1-2-4-5-3-1;;;/h3,9,11-19,21,24,35H,1-2,4-8,10,20,22H2,(H,36,38);2,6,8-12,14-17H,3-5,7,13,18-19H2,1H3,(H,32,33);2,4-9,11-14H,3,10,15-16H2,1H3,(H,29,30);1-5H2;2*1H3;/q;;;;2*-1;+2. The second kappa shape index (κ2) is 40.5. The van der Waals surface area contributed by atoms with Gasteiger partial charge in [-0.25, -0.2) is 0 Å². The molecule has 4 N–H and O–H groups in total. The fourth-order valence-electron chi connectivity index (χ4n) is 17.7. The number of carbonyl (C=O) groups is 3. The van der Waals surface area contributed by atoms with Crippen LogP contribution in [0.5, 0.6) is 0 Å². The molecule has 2 saturated carbocycles. The minimum atomic E-state index is 0. The second-order valence-electron chi connectivity index (χ2n) is 30.7. The van der Waals surface area contributed by atoms with E-state index in [2.05, 4.69) is 233 Å². The summed E-state index contributed by atoms with van der Waals surface area (Å²) in [7, 11) is 0. The molecule has 0 radical (unpaired) electrons. The molecule has 7 aromatic carbocycles. The van der Waals surface area contributed by atoms with Crippen molar-refractivity contribution in [1.82, 2.24) is 16.0 Å². The normalized spacial score (nSPS) is 15.2. The van der Waals surface area contributed by atoms with Crippen molar-refractivity contribution in [3.05, 3.63) is 294 Å². The van der Waals surface area contributed by atoms with Crippen LogP contribution in [0.15, 0.2) is 229 Å². The largest absolute Gasteiger partial charge is 2.00 e. The Morgan fingerprint density at radius 2 is 0.897 bits per heavy atom. The first kappa shape index (κ1) is 85.6. The molecule has 0 bridgehead atoms. The Labute approximate surface area is 736 Å².